The Kier molecular flexibility index (Phi) is 3.59. The fourth-order valence-corrected chi connectivity index (χ4v) is 3.18. The lowest BCUT2D eigenvalue weighted by molar-refractivity contribution is 0.274. The number of fused-ring (bicyclic) bond motifs is 1. The molecule has 4 nitrogen and oxygen atoms in total. The molecule has 0 fully saturated rings. The summed E-state index contributed by atoms with van der Waals surface area (Å²) in [7, 11) is -3.19. The Hall–Kier alpha value is -2.01. The number of para-hydroxylation sites is 1. The van der Waals surface area contributed by atoms with Gasteiger partial charge in [0.15, 0.2) is 9.84 Å². The van der Waals surface area contributed by atoms with Gasteiger partial charge in [-0.3, -0.25) is 0 Å². The summed E-state index contributed by atoms with van der Waals surface area (Å²) in [6, 6.07) is 15.0. The van der Waals surface area contributed by atoms with E-state index in [9.17, 15) is 8.42 Å². The lowest BCUT2D eigenvalue weighted by atomic mass is 10.0. The van der Waals surface area contributed by atoms with Gasteiger partial charge in [-0.2, -0.15) is 0 Å². The average molecular weight is 303 g/mol. The Labute approximate surface area is 124 Å². The van der Waals surface area contributed by atoms with E-state index in [4.69, 9.17) is 4.74 Å². The van der Waals surface area contributed by atoms with Gasteiger partial charge in [-0.1, -0.05) is 24.3 Å². The lowest BCUT2D eigenvalue weighted by Crippen LogP contribution is -2.20. The van der Waals surface area contributed by atoms with Crippen LogP contribution in [0, 0.1) is 0 Å². The topological polar surface area (TPSA) is 55.4 Å². The first kappa shape index (κ1) is 13.9. The Morgan fingerprint density at radius 3 is 2.76 bits per heavy atom. The third-order valence-electron chi connectivity index (χ3n) is 3.56. The third kappa shape index (κ3) is 3.03. The normalized spacial score (nSPS) is 17.7. The minimum absolute atomic E-state index is 0.129. The number of benzene rings is 2. The van der Waals surface area contributed by atoms with Crippen molar-refractivity contribution >= 4 is 15.5 Å². The largest absolute Gasteiger partial charge is 0.493 e. The van der Waals surface area contributed by atoms with Gasteiger partial charge in [-0.15, -0.1) is 0 Å². The maximum absolute atomic E-state index is 11.6. The minimum atomic E-state index is -3.19. The summed E-state index contributed by atoms with van der Waals surface area (Å²) in [5.41, 5.74) is 1.91. The molecule has 110 valence electrons. The summed E-state index contributed by atoms with van der Waals surface area (Å²) in [4.78, 5) is 0.327. The number of hydrogen-bond donors (Lipinski definition) is 1. The van der Waals surface area contributed by atoms with Crippen molar-refractivity contribution in [2.75, 3.05) is 18.2 Å². The molecular weight excluding hydrogens is 286 g/mol. The number of sulfone groups is 1. The van der Waals surface area contributed by atoms with Crippen molar-refractivity contribution in [3.05, 3.63) is 54.1 Å². The molecule has 3 rings (SSSR count). The molecule has 2 aromatic rings. The summed E-state index contributed by atoms with van der Waals surface area (Å²) in [5.74, 6) is 0.889. The van der Waals surface area contributed by atoms with Crippen molar-refractivity contribution in [3.8, 4) is 5.75 Å². The Morgan fingerprint density at radius 1 is 1.14 bits per heavy atom. The Balaban J connectivity index is 1.89. The molecule has 0 saturated carbocycles. The SMILES string of the molecule is CS(=O)(=O)c1cccc(NC2CCOc3ccccc32)c1. The van der Waals surface area contributed by atoms with Gasteiger partial charge in [-0.25, -0.2) is 8.42 Å². The highest BCUT2D eigenvalue weighted by atomic mass is 32.2. The average Bonchev–Trinajstić information content (AvgIpc) is 2.47. The number of nitrogens with one attached hydrogen (secondary N) is 1. The van der Waals surface area contributed by atoms with E-state index in [1.807, 2.05) is 30.3 Å². The maximum atomic E-state index is 11.6. The monoisotopic (exact) mass is 303 g/mol. The van der Waals surface area contributed by atoms with Crippen LogP contribution in [0.15, 0.2) is 53.4 Å². The van der Waals surface area contributed by atoms with Gasteiger partial charge in [-0.05, 0) is 24.3 Å². The van der Waals surface area contributed by atoms with Crippen molar-refractivity contribution in [2.45, 2.75) is 17.4 Å². The molecule has 1 N–H and O–H groups in total. The van der Waals surface area contributed by atoms with Crippen LogP contribution in [-0.2, 0) is 9.84 Å². The molecule has 1 unspecified atom stereocenters. The van der Waals surface area contributed by atoms with Gasteiger partial charge in [0.1, 0.15) is 5.75 Å². The zero-order valence-corrected chi connectivity index (χ0v) is 12.6. The fourth-order valence-electron chi connectivity index (χ4n) is 2.51. The van der Waals surface area contributed by atoms with Crippen molar-refractivity contribution in [2.24, 2.45) is 0 Å². The highest BCUT2D eigenvalue weighted by Crippen LogP contribution is 2.34. The second kappa shape index (κ2) is 5.41. The quantitative estimate of drug-likeness (QED) is 0.947. The van der Waals surface area contributed by atoms with Crippen molar-refractivity contribution < 1.29 is 13.2 Å². The number of hydrogen-bond acceptors (Lipinski definition) is 4. The molecule has 0 radical (unpaired) electrons. The molecule has 0 aromatic heterocycles. The molecule has 2 aromatic carbocycles. The molecule has 1 heterocycles. The Morgan fingerprint density at radius 2 is 1.95 bits per heavy atom. The van der Waals surface area contributed by atoms with Crippen LogP contribution in [0.2, 0.25) is 0 Å². The minimum Gasteiger partial charge on any atom is -0.493 e. The summed E-state index contributed by atoms with van der Waals surface area (Å²) in [6.07, 6.45) is 2.07. The summed E-state index contributed by atoms with van der Waals surface area (Å²) in [5, 5.41) is 3.41. The van der Waals surface area contributed by atoms with Crippen LogP contribution in [-0.4, -0.2) is 21.3 Å². The van der Waals surface area contributed by atoms with E-state index >= 15 is 0 Å². The molecular formula is C16H17NO3S. The molecule has 0 amide bonds. The van der Waals surface area contributed by atoms with Crippen LogP contribution in [0.25, 0.3) is 0 Å². The van der Waals surface area contributed by atoms with Gasteiger partial charge in [0.25, 0.3) is 0 Å². The van der Waals surface area contributed by atoms with Gasteiger partial charge < -0.3 is 10.1 Å². The second-order valence-corrected chi connectivity index (χ2v) is 7.19. The van der Waals surface area contributed by atoms with E-state index in [1.54, 1.807) is 18.2 Å². The molecule has 1 aliphatic heterocycles. The Bertz CT molecular complexity index is 756. The van der Waals surface area contributed by atoms with Crippen LogP contribution >= 0.6 is 0 Å². The molecule has 5 heteroatoms. The van der Waals surface area contributed by atoms with Gasteiger partial charge >= 0.3 is 0 Å². The second-order valence-electron chi connectivity index (χ2n) is 5.17. The number of anilines is 1. The molecule has 0 aliphatic carbocycles. The van der Waals surface area contributed by atoms with Gasteiger partial charge in [0.05, 0.1) is 17.5 Å². The standard InChI is InChI=1S/C16H17NO3S/c1-21(18,19)13-6-4-5-12(11-13)17-15-9-10-20-16-8-3-2-7-14(15)16/h2-8,11,15,17H,9-10H2,1H3. The van der Waals surface area contributed by atoms with Gasteiger partial charge in [0.2, 0.25) is 0 Å². The lowest BCUT2D eigenvalue weighted by Gasteiger charge is -2.27. The van der Waals surface area contributed by atoms with Crippen LogP contribution in [0.4, 0.5) is 5.69 Å². The molecule has 0 spiro atoms. The molecule has 0 bridgehead atoms. The van der Waals surface area contributed by atoms with E-state index < -0.39 is 9.84 Å². The third-order valence-corrected chi connectivity index (χ3v) is 4.67. The maximum Gasteiger partial charge on any atom is 0.175 e. The molecule has 21 heavy (non-hydrogen) atoms. The van der Waals surface area contributed by atoms with Crippen LogP contribution < -0.4 is 10.1 Å². The highest BCUT2D eigenvalue weighted by Gasteiger charge is 2.21. The smallest absolute Gasteiger partial charge is 0.175 e. The van der Waals surface area contributed by atoms with Crippen molar-refractivity contribution in [3.63, 3.8) is 0 Å². The van der Waals surface area contributed by atoms with E-state index in [0.29, 0.717) is 11.5 Å². The van der Waals surface area contributed by atoms with E-state index in [2.05, 4.69) is 5.32 Å². The molecule has 1 aliphatic rings. The van der Waals surface area contributed by atoms with E-state index in [1.165, 1.54) is 6.26 Å². The predicted molar refractivity (Wildman–Crippen MR) is 82.5 cm³/mol. The first-order valence-corrected chi connectivity index (χ1v) is 8.71. The molecule has 1 atom stereocenters. The fraction of sp³-hybridized carbons (Fsp3) is 0.250. The first-order chi connectivity index (χ1) is 10.0. The zero-order chi connectivity index (χ0) is 14.9. The summed E-state index contributed by atoms with van der Waals surface area (Å²) < 4.78 is 28.9. The molecule has 0 saturated heterocycles. The van der Waals surface area contributed by atoms with E-state index in [-0.39, 0.29) is 6.04 Å². The first-order valence-electron chi connectivity index (χ1n) is 6.82. The van der Waals surface area contributed by atoms with Crippen LogP contribution in [0.5, 0.6) is 5.75 Å². The van der Waals surface area contributed by atoms with Crippen molar-refractivity contribution in [1.82, 2.24) is 0 Å². The summed E-state index contributed by atoms with van der Waals surface area (Å²) >= 11 is 0. The number of rotatable bonds is 3. The predicted octanol–water partition coefficient (Wildman–Crippen LogP) is 3.03. The number of ether oxygens (including phenoxy) is 1. The van der Waals surface area contributed by atoms with Crippen LogP contribution in [0.3, 0.4) is 0 Å². The zero-order valence-electron chi connectivity index (χ0n) is 11.7. The van der Waals surface area contributed by atoms with E-state index in [0.717, 1.165) is 23.4 Å². The van der Waals surface area contributed by atoms with Crippen molar-refractivity contribution in [1.29, 1.82) is 0 Å². The summed E-state index contributed by atoms with van der Waals surface area (Å²) in [6.45, 7) is 0.653. The highest BCUT2D eigenvalue weighted by molar-refractivity contribution is 7.90. The van der Waals surface area contributed by atoms with Gasteiger partial charge in [0, 0.05) is 23.9 Å². The van der Waals surface area contributed by atoms with Crippen LogP contribution in [0.1, 0.15) is 18.0 Å².